The number of amides is 1. The van der Waals surface area contributed by atoms with Crippen LogP contribution in [0.1, 0.15) is 77.1 Å². The molecule has 1 fully saturated rings. The number of halogens is 3. The summed E-state index contributed by atoms with van der Waals surface area (Å²) in [5.74, 6) is 0.0632. The lowest BCUT2D eigenvalue weighted by Gasteiger charge is -2.31. The number of benzene rings is 1. The van der Waals surface area contributed by atoms with E-state index in [1.807, 2.05) is 41.1 Å². The summed E-state index contributed by atoms with van der Waals surface area (Å²) < 4.78 is 43.8. The van der Waals surface area contributed by atoms with E-state index < -0.39 is 17.8 Å². The average molecular weight is 646 g/mol. The SMILES string of the molecule is CC(C)c1ccc(-c2cc(C(F)(F)F)n3nc(C(=O)N4N=C5/C(=C/c6cccs6)C[C@@H](C)C[C@H]5[C@@H]4c4cccs4)cc3n2)cc1. The first-order valence-corrected chi connectivity index (χ1v) is 16.6. The first-order valence-electron chi connectivity index (χ1n) is 14.8. The monoisotopic (exact) mass is 645 g/mol. The van der Waals surface area contributed by atoms with E-state index in [2.05, 4.69) is 43.0 Å². The molecule has 0 N–H and O–H groups in total. The van der Waals surface area contributed by atoms with Gasteiger partial charge in [0.25, 0.3) is 5.91 Å². The summed E-state index contributed by atoms with van der Waals surface area (Å²) >= 11 is 3.18. The molecule has 7 rings (SSSR count). The van der Waals surface area contributed by atoms with Gasteiger partial charge in [-0.3, -0.25) is 4.79 Å². The molecule has 5 heterocycles. The number of hydrazone groups is 1. The Labute approximate surface area is 266 Å². The van der Waals surface area contributed by atoms with Crippen LogP contribution in [0.25, 0.3) is 23.0 Å². The lowest BCUT2D eigenvalue weighted by atomic mass is 9.74. The van der Waals surface area contributed by atoms with Gasteiger partial charge < -0.3 is 0 Å². The van der Waals surface area contributed by atoms with Crippen molar-refractivity contribution in [3.63, 3.8) is 0 Å². The molecule has 4 aromatic heterocycles. The van der Waals surface area contributed by atoms with Gasteiger partial charge in [-0.25, -0.2) is 14.5 Å². The topological polar surface area (TPSA) is 62.9 Å². The molecule has 2 aliphatic rings. The summed E-state index contributed by atoms with van der Waals surface area (Å²) in [5.41, 5.74) is 2.53. The fourth-order valence-corrected chi connectivity index (χ4v) is 7.88. The molecule has 0 radical (unpaired) electrons. The Morgan fingerprint density at radius 1 is 1.04 bits per heavy atom. The van der Waals surface area contributed by atoms with E-state index in [9.17, 15) is 18.0 Å². The van der Waals surface area contributed by atoms with Crippen LogP contribution in [-0.4, -0.2) is 31.2 Å². The van der Waals surface area contributed by atoms with E-state index >= 15 is 0 Å². The number of thiophene rings is 2. The second-order valence-corrected chi connectivity index (χ2v) is 14.0. The fraction of sp³-hybridized carbons (Fsp3) is 0.294. The molecule has 5 aromatic rings. The summed E-state index contributed by atoms with van der Waals surface area (Å²) in [6.07, 6.45) is -0.900. The van der Waals surface area contributed by atoms with Gasteiger partial charge in [0.1, 0.15) is 0 Å². The first kappa shape index (κ1) is 29.6. The molecule has 6 nitrogen and oxygen atoms in total. The van der Waals surface area contributed by atoms with Gasteiger partial charge in [0.2, 0.25) is 0 Å². The minimum Gasteiger partial charge on any atom is -0.265 e. The van der Waals surface area contributed by atoms with Gasteiger partial charge in [0, 0.05) is 27.3 Å². The summed E-state index contributed by atoms with van der Waals surface area (Å²) in [7, 11) is 0. The zero-order valence-electron chi connectivity index (χ0n) is 24.8. The van der Waals surface area contributed by atoms with Crippen LogP contribution >= 0.6 is 22.7 Å². The number of carbonyl (C=O) groups excluding carboxylic acids is 1. The van der Waals surface area contributed by atoms with Crippen LogP contribution in [0.3, 0.4) is 0 Å². The molecule has 1 aliphatic carbocycles. The summed E-state index contributed by atoms with van der Waals surface area (Å²) in [4.78, 5) is 20.8. The van der Waals surface area contributed by atoms with E-state index in [1.165, 1.54) is 11.1 Å². The number of alkyl halides is 3. The van der Waals surface area contributed by atoms with Crippen LogP contribution in [0.15, 0.2) is 82.1 Å². The molecule has 1 aromatic carbocycles. The highest BCUT2D eigenvalue weighted by Gasteiger charge is 2.46. The smallest absolute Gasteiger partial charge is 0.265 e. The summed E-state index contributed by atoms with van der Waals surface area (Å²) in [6.45, 7) is 6.31. The molecule has 0 unspecified atom stereocenters. The maximum Gasteiger partial charge on any atom is 0.433 e. The number of fused-ring (bicyclic) bond motifs is 2. The van der Waals surface area contributed by atoms with Gasteiger partial charge >= 0.3 is 6.18 Å². The number of nitrogens with zero attached hydrogens (tertiary/aromatic N) is 5. The van der Waals surface area contributed by atoms with Gasteiger partial charge in [-0.1, -0.05) is 57.2 Å². The van der Waals surface area contributed by atoms with Crippen molar-refractivity contribution in [3.8, 4) is 11.3 Å². The molecule has 0 saturated heterocycles. The highest BCUT2D eigenvalue weighted by molar-refractivity contribution is 7.11. The van der Waals surface area contributed by atoms with Crippen molar-refractivity contribution in [1.29, 1.82) is 0 Å². The molecule has 1 aliphatic heterocycles. The molecule has 11 heteroatoms. The van der Waals surface area contributed by atoms with Gasteiger partial charge in [0.05, 0.1) is 17.4 Å². The summed E-state index contributed by atoms with van der Waals surface area (Å²) in [5, 5.41) is 14.5. The normalized spacial score (nSPS) is 21.1. The van der Waals surface area contributed by atoms with E-state index in [0.717, 1.165) is 50.0 Å². The van der Waals surface area contributed by atoms with Crippen molar-refractivity contribution < 1.29 is 18.0 Å². The molecule has 1 amide bonds. The van der Waals surface area contributed by atoms with Gasteiger partial charge in [-0.2, -0.15) is 23.4 Å². The lowest BCUT2D eigenvalue weighted by Crippen LogP contribution is -2.33. The lowest BCUT2D eigenvalue weighted by molar-refractivity contribution is -0.142. The second-order valence-electron chi connectivity index (χ2n) is 12.0. The van der Waals surface area contributed by atoms with E-state index in [-0.39, 0.29) is 34.9 Å². The molecular weight excluding hydrogens is 616 g/mol. The van der Waals surface area contributed by atoms with Crippen molar-refractivity contribution in [2.24, 2.45) is 16.9 Å². The largest absolute Gasteiger partial charge is 0.433 e. The van der Waals surface area contributed by atoms with E-state index in [4.69, 9.17) is 5.10 Å². The van der Waals surface area contributed by atoms with Gasteiger partial charge in [0.15, 0.2) is 17.0 Å². The number of carbonyl (C=O) groups is 1. The third kappa shape index (κ3) is 5.52. The standard InChI is InChI=1S/C34H30F3N5OS2/c1-19(2)21-8-10-22(11-9-21)26-17-29(34(35,36)37)41-30(38-26)18-27(39-41)33(43)42-32(28-7-5-13-45-28)25-15-20(3)14-23(31(25)40-42)16-24-6-4-12-44-24/h4-13,16-20,25,32H,14-15H2,1-3H3/b23-16+/t20-,25-,32-/m1/s1. The Morgan fingerprint density at radius 3 is 2.47 bits per heavy atom. The number of hydrogen-bond acceptors (Lipinski definition) is 6. The predicted octanol–water partition coefficient (Wildman–Crippen LogP) is 9.34. The Bertz CT molecular complexity index is 1920. The molecule has 3 atom stereocenters. The summed E-state index contributed by atoms with van der Waals surface area (Å²) in [6, 6.07) is 17.2. The Balaban J connectivity index is 1.32. The predicted molar refractivity (Wildman–Crippen MR) is 172 cm³/mol. The zero-order valence-corrected chi connectivity index (χ0v) is 26.5. The average Bonchev–Trinajstić information content (AvgIpc) is 3.82. The third-order valence-electron chi connectivity index (χ3n) is 8.48. The molecule has 1 saturated carbocycles. The maximum absolute atomic E-state index is 14.4. The van der Waals surface area contributed by atoms with Gasteiger partial charge in [-0.15, -0.1) is 22.7 Å². The number of allylic oxidation sites excluding steroid dienone is 1. The van der Waals surface area contributed by atoms with Crippen LogP contribution < -0.4 is 0 Å². The minimum absolute atomic E-state index is 0.0381. The van der Waals surface area contributed by atoms with Crippen molar-refractivity contribution in [3.05, 3.63) is 104 Å². The van der Waals surface area contributed by atoms with Gasteiger partial charge in [-0.05, 0) is 70.8 Å². The van der Waals surface area contributed by atoms with E-state index in [0.29, 0.717) is 11.5 Å². The van der Waals surface area contributed by atoms with Crippen LogP contribution in [0.2, 0.25) is 0 Å². The molecule has 230 valence electrons. The van der Waals surface area contributed by atoms with Crippen molar-refractivity contribution in [1.82, 2.24) is 19.6 Å². The van der Waals surface area contributed by atoms with Crippen molar-refractivity contribution >= 4 is 46.0 Å². The Hall–Kier alpha value is -4.09. The van der Waals surface area contributed by atoms with Crippen molar-refractivity contribution in [2.45, 2.75) is 51.7 Å². The van der Waals surface area contributed by atoms with Crippen LogP contribution in [-0.2, 0) is 6.18 Å². The zero-order chi connectivity index (χ0) is 31.5. The molecule has 0 spiro atoms. The van der Waals surface area contributed by atoms with Crippen LogP contribution in [0.5, 0.6) is 0 Å². The minimum atomic E-state index is -4.72. The number of hydrogen-bond donors (Lipinski definition) is 0. The fourth-order valence-electron chi connectivity index (χ4n) is 6.33. The molecule has 45 heavy (non-hydrogen) atoms. The molecular formula is C34H30F3N5OS2. The quantitative estimate of drug-likeness (QED) is 0.191. The number of rotatable bonds is 5. The van der Waals surface area contributed by atoms with Crippen LogP contribution in [0, 0.1) is 11.8 Å². The first-order chi connectivity index (χ1) is 21.6. The van der Waals surface area contributed by atoms with E-state index in [1.54, 1.807) is 34.8 Å². The van der Waals surface area contributed by atoms with Crippen molar-refractivity contribution in [2.75, 3.05) is 0 Å². The third-order valence-corrected chi connectivity index (χ3v) is 10.2. The second kappa shape index (κ2) is 11.4. The molecule has 0 bridgehead atoms. The Kier molecular flexibility index (Phi) is 7.48. The highest BCUT2D eigenvalue weighted by Crippen LogP contribution is 2.47. The maximum atomic E-state index is 14.4. The highest BCUT2D eigenvalue weighted by atomic mass is 32.1. The number of aromatic nitrogens is 3. The Morgan fingerprint density at radius 2 is 1.80 bits per heavy atom. The van der Waals surface area contributed by atoms with Crippen LogP contribution in [0.4, 0.5) is 13.2 Å².